The van der Waals surface area contributed by atoms with Crippen molar-refractivity contribution in [2.24, 2.45) is 0 Å². The molecule has 2 rings (SSSR count). The molecular weight excluding hydrogens is 257 g/mol. The number of likely N-dealkylation sites (N-methyl/N-ethyl adjacent to an activating group) is 1. The summed E-state index contributed by atoms with van der Waals surface area (Å²) in [6.45, 7) is 3.34. The summed E-state index contributed by atoms with van der Waals surface area (Å²) in [5, 5.41) is 3.06. The standard InChI is InChI=1S/C12H19F3N4/c1-8(18(2)3)7-19-10-4-5-16-6-9(10)17-11(19)12(13,14)15/h8,16H,4-7H2,1-3H3. The van der Waals surface area contributed by atoms with Gasteiger partial charge in [-0.3, -0.25) is 0 Å². The van der Waals surface area contributed by atoms with Crippen LogP contribution in [0.3, 0.4) is 0 Å². The first-order valence-electron chi connectivity index (χ1n) is 6.33. The third-order valence-electron chi connectivity index (χ3n) is 3.57. The highest BCUT2D eigenvalue weighted by molar-refractivity contribution is 5.21. The summed E-state index contributed by atoms with van der Waals surface area (Å²) in [7, 11) is 3.73. The van der Waals surface area contributed by atoms with Gasteiger partial charge in [0.15, 0.2) is 0 Å². The number of aromatic nitrogens is 2. The van der Waals surface area contributed by atoms with E-state index in [1.807, 2.05) is 25.9 Å². The van der Waals surface area contributed by atoms with E-state index in [2.05, 4.69) is 10.3 Å². The van der Waals surface area contributed by atoms with Crippen LogP contribution >= 0.6 is 0 Å². The Morgan fingerprint density at radius 2 is 2.11 bits per heavy atom. The molecule has 0 bridgehead atoms. The fraction of sp³-hybridized carbons (Fsp3) is 0.750. The molecule has 2 heterocycles. The van der Waals surface area contributed by atoms with Crippen LogP contribution in [0.4, 0.5) is 13.2 Å². The maximum absolute atomic E-state index is 13.1. The Balaban J connectivity index is 2.40. The lowest BCUT2D eigenvalue weighted by Gasteiger charge is -2.24. The Morgan fingerprint density at radius 1 is 1.42 bits per heavy atom. The number of imidazole rings is 1. The van der Waals surface area contributed by atoms with Gasteiger partial charge < -0.3 is 14.8 Å². The van der Waals surface area contributed by atoms with Crippen LogP contribution in [0.5, 0.6) is 0 Å². The molecule has 0 saturated carbocycles. The normalized spacial score (nSPS) is 17.6. The molecule has 1 aliphatic rings. The Kier molecular flexibility index (Phi) is 3.87. The predicted octanol–water partition coefficient (Wildman–Crippen LogP) is 1.50. The van der Waals surface area contributed by atoms with Crippen LogP contribution in [0.1, 0.15) is 24.1 Å². The molecule has 1 aromatic heterocycles. The number of nitrogens with zero attached hydrogens (tertiary/aromatic N) is 3. The average Bonchev–Trinajstić information content (AvgIpc) is 2.68. The zero-order chi connectivity index (χ0) is 14.2. The first kappa shape index (κ1) is 14.3. The molecule has 1 aromatic rings. The van der Waals surface area contributed by atoms with Crippen molar-refractivity contribution >= 4 is 0 Å². The van der Waals surface area contributed by atoms with Gasteiger partial charge in [0.25, 0.3) is 0 Å². The molecule has 19 heavy (non-hydrogen) atoms. The maximum Gasteiger partial charge on any atom is 0.449 e. The Morgan fingerprint density at radius 3 is 2.68 bits per heavy atom. The second-order valence-electron chi connectivity index (χ2n) is 5.18. The predicted molar refractivity (Wildman–Crippen MR) is 65.8 cm³/mol. The van der Waals surface area contributed by atoms with E-state index < -0.39 is 12.0 Å². The van der Waals surface area contributed by atoms with Crippen LogP contribution in [-0.4, -0.2) is 41.1 Å². The molecular formula is C12H19F3N4. The monoisotopic (exact) mass is 276 g/mol. The van der Waals surface area contributed by atoms with E-state index >= 15 is 0 Å². The minimum absolute atomic E-state index is 0.0225. The maximum atomic E-state index is 13.1. The lowest BCUT2D eigenvalue weighted by atomic mass is 10.1. The zero-order valence-corrected chi connectivity index (χ0v) is 11.4. The highest BCUT2D eigenvalue weighted by Gasteiger charge is 2.39. The van der Waals surface area contributed by atoms with Crippen molar-refractivity contribution in [1.29, 1.82) is 0 Å². The van der Waals surface area contributed by atoms with Gasteiger partial charge in [-0.05, 0) is 21.0 Å². The second kappa shape index (κ2) is 5.13. The molecule has 0 aromatic carbocycles. The SMILES string of the molecule is CC(Cn1c(C(F)(F)F)nc2c1CCNC2)N(C)C. The van der Waals surface area contributed by atoms with Gasteiger partial charge >= 0.3 is 6.18 Å². The van der Waals surface area contributed by atoms with Gasteiger partial charge in [0.05, 0.1) is 5.69 Å². The van der Waals surface area contributed by atoms with Gasteiger partial charge in [-0.25, -0.2) is 4.98 Å². The van der Waals surface area contributed by atoms with Gasteiger partial charge in [0.2, 0.25) is 5.82 Å². The smallest absolute Gasteiger partial charge is 0.323 e. The van der Waals surface area contributed by atoms with Crippen molar-refractivity contribution in [3.05, 3.63) is 17.2 Å². The van der Waals surface area contributed by atoms with E-state index in [-0.39, 0.29) is 6.04 Å². The molecule has 0 aliphatic carbocycles. The Hall–Kier alpha value is -1.08. The summed E-state index contributed by atoms with van der Waals surface area (Å²) in [4.78, 5) is 5.70. The summed E-state index contributed by atoms with van der Waals surface area (Å²) in [6, 6.07) is 0.0225. The highest BCUT2D eigenvalue weighted by Crippen LogP contribution is 2.31. The summed E-state index contributed by atoms with van der Waals surface area (Å²) >= 11 is 0. The average molecular weight is 276 g/mol. The van der Waals surface area contributed by atoms with Crippen molar-refractivity contribution in [2.45, 2.75) is 38.7 Å². The van der Waals surface area contributed by atoms with Gasteiger partial charge in [-0.1, -0.05) is 0 Å². The minimum Gasteiger partial charge on any atom is -0.323 e. The number of halogens is 3. The molecule has 1 aliphatic heterocycles. The number of nitrogens with one attached hydrogen (secondary N) is 1. The molecule has 1 atom stereocenters. The number of hydrogen-bond acceptors (Lipinski definition) is 3. The number of rotatable bonds is 3. The Labute approximate surface area is 110 Å². The molecule has 4 nitrogen and oxygen atoms in total. The minimum atomic E-state index is -4.40. The van der Waals surface area contributed by atoms with Crippen molar-refractivity contribution in [2.75, 3.05) is 20.6 Å². The van der Waals surface area contributed by atoms with Gasteiger partial charge in [-0.15, -0.1) is 0 Å². The second-order valence-corrected chi connectivity index (χ2v) is 5.18. The van der Waals surface area contributed by atoms with Gasteiger partial charge in [0.1, 0.15) is 0 Å². The largest absolute Gasteiger partial charge is 0.449 e. The van der Waals surface area contributed by atoms with Crippen molar-refractivity contribution in [1.82, 2.24) is 19.8 Å². The lowest BCUT2D eigenvalue weighted by Crippen LogP contribution is -2.33. The van der Waals surface area contributed by atoms with Crippen LogP contribution in [0.2, 0.25) is 0 Å². The Bertz CT molecular complexity index is 451. The molecule has 0 saturated heterocycles. The third-order valence-corrected chi connectivity index (χ3v) is 3.57. The quantitative estimate of drug-likeness (QED) is 0.908. The van der Waals surface area contributed by atoms with Crippen molar-refractivity contribution < 1.29 is 13.2 Å². The number of fused-ring (bicyclic) bond motifs is 1. The van der Waals surface area contributed by atoms with Crippen molar-refractivity contribution in [3.63, 3.8) is 0 Å². The first-order chi connectivity index (χ1) is 8.80. The van der Waals surface area contributed by atoms with E-state index in [9.17, 15) is 13.2 Å². The van der Waals surface area contributed by atoms with E-state index in [4.69, 9.17) is 0 Å². The molecule has 0 radical (unpaired) electrons. The van der Waals surface area contributed by atoms with Gasteiger partial charge in [-0.2, -0.15) is 13.2 Å². The molecule has 0 fully saturated rings. The highest BCUT2D eigenvalue weighted by atomic mass is 19.4. The summed E-state index contributed by atoms with van der Waals surface area (Å²) in [5.74, 6) is -0.769. The fourth-order valence-corrected chi connectivity index (χ4v) is 2.21. The fourth-order valence-electron chi connectivity index (χ4n) is 2.21. The summed E-state index contributed by atoms with van der Waals surface area (Å²) < 4.78 is 40.6. The number of alkyl halides is 3. The molecule has 0 amide bonds. The molecule has 0 spiro atoms. The van der Waals surface area contributed by atoms with E-state index in [0.29, 0.717) is 31.7 Å². The lowest BCUT2D eigenvalue weighted by molar-refractivity contribution is -0.147. The number of hydrogen-bond donors (Lipinski definition) is 1. The van der Waals surface area contributed by atoms with Crippen LogP contribution < -0.4 is 5.32 Å². The van der Waals surface area contributed by atoms with Crippen LogP contribution in [0.25, 0.3) is 0 Å². The third kappa shape index (κ3) is 2.92. The van der Waals surface area contributed by atoms with E-state index in [1.165, 1.54) is 4.57 Å². The van der Waals surface area contributed by atoms with Crippen molar-refractivity contribution in [3.8, 4) is 0 Å². The molecule has 108 valence electrons. The molecule has 7 heteroatoms. The van der Waals surface area contributed by atoms with E-state index in [0.717, 1.165) is 5.69 Å². The first-order valence-corrected chi connectivity index (χ1v) is 6.33. The topological polar surface area (TPSA) is 33.1 Å². The summed E-state index contributed by atoms with van der Waals surface area (Å²) in [5.41, 5.74) is 1.25. The summed E-state index contributed by atoms with van der Waals surface area (Å²) in [6.07, 6.45) is -3.80. The van der Waals surface area contributed by atoms with Crippen LogP contribution in [-0.2, 0) is 25.7 Å². The molecule has 1 N–H and O–H groups in total. The molecule has 1 unspecified atom stereocenters. The van der Waals surface area contributed by atoms with E-state index in [1.54, 1.807) is 0 Å². The zero-order valence-electron chi connectivity index (χ0n) is 11.4. The van der Waals surface area contributed by atoms with Crippen LogP contribution in [0, 0.1) is 0 Å². The van der Waals surface area contributed by atoms with Gasteiger partial charge in [0, 0.05) is 37.8 Å². The van der Waals surface area contributed by atoms with Crippen LogP contribution in [0.15, 0.2) is 0 Å².